The number of fused-ring (bicyclic) bond motifs is 1. The molecule has 4 rings (SSSR count). The molecule has 0 amide bonds. The number of nitrogens with zero attached hydrogens (tertiary/aromatic N) is 3. The first kappa shape index (κ1) is 23.9. The van der Waals surface area contributed by atoms with Gasteiger partial charge in [0.25, 0.3) is 0 Å². The fraction of sp³-hybridized carbons (Fsp3) is 0.167. The standard InChI is InChI=1S/C24H20F3N5O3/c25-24(26,27)19(17-10-9-14-3-1-2-4-16(14)12-17)35-23-31-20(30-22(29)32-23)15-7-5-13(6-8-15)11-18(28)21(33)34/h1-10,12,18-19H,11,28H2,(H,33,34)(H2,29,30,31,32)/t18-,19?/m0/s1. The molecule has 5 N–H and O–H groups in total. The van der Waals surface area contributed by atoms with Crippen molar-refractivity contribution in [3.63, 3.8) is 0 Å². The molecule has 0 bridgehead atoms. The van der Waals surface area contributed by atoms with Gasteiger partial charge < -0.3 is 21.3 Å². The molecule has 0 saturated carbocycles. The molecule has 3 aromatic carbocycles. The van der Waals surface area contributed by atoms with Crippen LogP contribution in [0, 0.1) is 0 Å². The van der Waals surface area contributed by atoms with Gasteiger partial charge in [0.1, 0.15) is 6.04 Å². The Morgan fingerprint density at radius 1 is 0.971 bits per heavy atom. The van der Waals surface area contributed by atoms with E-state index in [0.29, 0.717) is 16.5 Å². The van der Waals surface area contributed by atoms with E-state index in [1.54, 1.807) is 54.6 Å². The number of rotatable bonds is 7. The number of hydrogen-bond donors (Lipinski definition) is 3. The van der Waals surface area contributed by atoms with Gasteiger partial charge in [0, 0.05) is 11.1 Å². The molecule has 0 aliphatic heterocycles. The van der Waals surface area contributed by atoms with Crippen LogP contribution in [0.5, 0.6) is 6.01 Å². The highest BCUT2D eigenvalue weighted by molar-refractivity contribution is 5.83. The lowest BCUT2D eigenvalue weighted by atomic mass is 10.0. The van der Waals surface area contributed by atoms with Crippen LogP contribution in [0.3, 0.4) is 0 Å². The number of alkyl halides is 3. The molecule has 180 valence electrons. The van der Waals surface area contributed by atoms with E-state index in [0.717, 1.165) is 5.39 Å². The number of aromatic nitrogens is 3. The Labute approximate surface area is 197 Å². The third-order valence-electron chi connectivity index (χ3n) is 5.21. The number of carboxylic acid groups (broad SMARTS) is 1. The maximum atomic E-state index is 13.9. The van der Waals surface area contributed by atoms with Crippen molar-refractivity contribution in [3.8, 4) is 17.4 Å². The number of carboxylic acids is 1. The van der Waals surface area contributed by atoms with Crippen molar-refractivity contribution >= 4 is 22.7 Å². The van der Waals surface area contributed by atoms with Crippen molar-refractivity contribution in [2.45, 2.75) is 24.7 Å². The summed E-state index contributed by atoms with van der Waals surface area (Å²) in [7, 11) is 0. The van der Waals surface area contributed by atoms with E-state index >= 15 is 0 Å². The third-order valence-corrected chi connectivity index (χ3v) is 5.21. The first-order valence-electron chi connectivity index (χ1n) is 10.4. The van der Waals surface area contributed by atoms with Crippen LogP contribution >= 0.6 is 0 Å². The molecular formula is C24H20F3N5O3. The van der Waals surface area contributed by atoms with Gasteiger partial charge in [-0.1, -0.05) is 60.7 Å². The molecule has 0 aliphatic rings. The maximum absolute atomic E-state index is 13.9. The first-order valence-corrected chi connectivity index (χ1v) is 10.4. The highest BCUT2D eigenvalue weighted by Crippen LogP contribution is 2.37. The molecule has 0 aliphatic carbocycles. The summed E-state index contributed by atoms with van der Waals surface area (Å²) in [6.07, 6.45) is -6.99. The van der Waals surface area contributed by atoms with Crippen molar-refractivity contribution in [2.24, 2.45) is 5.73 Å². The molecule has 0 fully saturated rings. The normalized spacial score (nSPS) is 13.4. The minimum Gasteiger partial charge on any atom is -0.480 e. The van der Waals surface area contributed by atoms with Crippen LogP contribution in [-0.2, 0) is 11.2 Å². The van der Waals surface area contributed by atoms with Gasteiger partial charge in [-0.25, -0.2) is 0 Å². The lowest BCUT2D eigenvalue weighted by molar-refractivity contribution is -0.199. The average molecular weight is 483 g/mol. The fourth-order valence-electron chi connectivity index (χ4n) is 3.49. The van der Waals surface area contributed by atoms with Crippen molar-refractivity contribution in [1.82, 2.24) is 15.0 Å². The minimum absolute atomic E-state index is 0.000944. The van der Waals surface area contributed by atoms with Crippen LogP contribution in [0.25, 0.3) is 22.2 Å². The zero-order valence-electron chi connectivity index (χ0n) is 18.1. The van der Waals surface area contributed by atoms with Crippen LogP contribution < -0.4 is 16.2 Å². The van der Waals surface area contributed by atoms with Crippen LogP contribution in [0.2, 0.25) is 0 Å². The van der Waals surface area contributed by atoms with Gasteiger partial charge in [-0.2, -0.15) is 28.1 Å². The predicted octanol–water partition coefficient (Wildman–Crippen LogP) is 3.91. The van der Waals surface area contributed by atoms with Gasteiger partial charge in [-0.3, -0.25) is 4.79 Å². The quantitative estimate of drug-likeness (QED) is 0.360. The molecule has 1 unspecified atom stereocenters. The largest absolute Gasteiger partial charge is 0.480 e. The van der Waals surface area contributed by atoms with Gasteiger partial charge in [0.2, 0.25) is 12.1 Å². The van der Waals surface area contributed by atoms with E-state index in [9.17, 15) is 18.0 Å². The smallest absolute Gasteiger partial charge is 0.429 e. The molecule has 35 heavy (non-hydrogen) atoms. The molecular weight excluding hydrogens is 463 g/mol. The Kier molecular flexibility index (Phi) is 6.52. The predicted molar refractivity (Wildman–Crippen MR) is 122 cm³/mol. The van der Waals surface area contributed by atoms with Crippen molar-refractivity contribution in [2.75, 3.05) is 5.73 Å². The number of hydrogen-bond acceptors (Lipinski definition) is 7. The highest BCUT2D eigenvalue weighted by atomic mass is 19.4. The summed E-state index contributed by atoms with van der Waals surface area (Å²) >= 11 is 0. The number of anilines is 1. The number of nitrogens with two attached hydrogens (primary N) is 2. The van der Waals surface area contributed by atoms with E-state index in [2.05, 4.69) is 15.0 Å². The summed E-state index contributed by atoms with van der Waals surface area (Å²) in [5, 5.41) is 10.4. The summed E-state index contributed by atoms with van der Waals surface area (Å²) in [6, 6.07) is 16.1. The summed E-state index contributed by atoms with van der Waals surface area (Å²) in [5.74, 6) is -1.45. The fourth-order valence-corrected chi connectivity index (χ4v) is 3.49. The van der Waals surface area contributed by atoms with Crippen molar-refractivity contribution in [3.05, 3.63) is 77.9 Å². The molecule has 8 nitrogen and oxygen atoms in total. The van der Waals surface area contributed by atoms with Gasteiger partial charge in [0.05, 0.1) is 0 Å². The minimum atomic E-state index is -4.76. The number of ether oxygens (including phenoxy) is 1. The number of nitrogen functional groups attached to an aromatic ring is 1. The van der Waals surface area contributed by atoms with E-state index in [1.165, 1.54) is 12.1 Å². The van der Waals surface area contributed by atoms with Gasteiger partial charge in [-0.05, 0) is 28.8 Å². The van der Waals surface area contributed by atoms with E-state index in [-0.39, 0.29) is 23.8 Å². The summed E-state index contributed by atoms with van der Waals surface area (Å²) < 4.78 is 47.0. The number of benzene rings is 3. The monoisotopic (exact) mass is 483 g/mol. The Bertz CT molecular complexity index is 1360. The summed E-state index contributed by atoms with van der Waals surface area (Å²) in [5.41, 5.74) is 12.2. The number of aliphatic carboxylic acids is 1. The molecule has 11 heteroatoms. The zero-order chi connectivity index (χ0) is 25.2. The van der Waals surface area contributed by atoms with E-state index in [1.807, 2.05) is 0 Å². The molecule has 0 saturated heterocycles. The van der Waals surface area contributed by atoms with E-state index < -0.39 is 30.3 Å². The van der Waals surface area contributed by atoms with E-state index in [4.69, 9.17) is 21.3 Å². The topological polar surface area (TPSA) is 137 Å². The SMILES string of the molecule is Nc1nc(OC(c2ccc3ccccc3c2)C(F)(F)F)nc(-c2ccc(C[C@H](N)C(=O)O)cc2)n1. The molecule has 1 aromatic heterocycles. The Balaban J connectivity index is 1.63. The second-order valence-corrected chi connectivity index (χ2v) is 7.79. The van der Waals surface area contributed by atoms with Crippen LogP contribution in [-0.4, -0.2) is 38.2 Å². The Hall–Kier alpha value is -4.25. The lowest BCUT2D eigenvalue weighted by Crippen LogP contribution is -2.32. The molecule has 2 atom stereocenters. The Morgan fingerprint density at radius 3 is 2.31 bits per heavy atom. The van der Waals surface area contributed by atoms with Crippen LogP contribution in [0.4, 0.5) is 19.1 Å². The van der Waals surface area contributed by atoms with Gasteiger partial charge in [-0.15, -0.1) is 0 Å². The Morgan fingerprint density at radius 2 is 1.66 bits per heavy atom. The van der Waals surface area contributed by atoms with Gasteiger partial charge in [0.15, 0.2) is 5.82 Å². The average Bonchev–Trinajstić information content (AvgIpc) is 2.81. The molecule has 0 radical (unpaired) electrons. The molecule has 4 aromatic rings. The molecule has 0 spiro atoms. The maximum Gasteiger partial charge on any atom is 0.429 e. The van der Waals surface area contributed by atoms with Crippen LogP contribution in [0.15, 0.2) is 66.7 Å². The van der Waals surface area contributed by atoms with Crippen molar-refractivity contribution < 1.29 is 27.8 Å². The second-order valence-electron chi connectivity index (χ2n) is 7.79. The van der Waals surface area contributed by atoms with Crippen LogP contribution in [0.1, 0.15) is 17.2 Å². The van der Waals surface area contributed by atoms with Gasteiger partial charge >= 0.3 is 18.2 Å². The summed E-state index contributed by atoms with van der Waals surface area (Å²) in [4.78, 5) is 22.7. The zero-order valence-corrected chi connectivity index (χ0v) is 18.1. The summed E-state index contributed by atoms with van der Waals surface area (Å²) in [6.45, 7) is 0. The molecule has 1 heterocycles. The van der Waals surface area contributed by atoms with Crippen molar-refractivity contribution in [1.29, 1.82) is 0 Å². The second kappa shape index (κ2) is 9.55. The third kappa shape index (κ3) is 5.64. The first-order chi connectivity index (χ1) is 16.6. The highest BCUT2D eigenvalue weighted by Gasteiger charge is 2.44. The number of carbonyl (C=O) groups is 1. The lowest BCUT2D eigenvalue weighted by Gasteiger charge is -2.21. The number of halogens is 3.